The molecule has 0 bridgehead atoms. The van der Waals surface area contributed by atoms with Gasteiger partial charge < -0.3 is 11.5 Å². The smallest absolute Gasteiger partial charge is 0.181 e. The Bertz CT molecular complexity index is 357. The first-order valence-electron chi connectivity index (χ1n) is 2.72. The van der Waals surface area contributed by atoms with Gasteiger partial charge in [0.2, 0.25) is 0 Å². The Morgan fingerprint density at radius 2 is 2.30 bits per heavy atom. The number of H-pyrrole nitrogens is 1. The van der Waals surface area contributed by atoms with Gasteiger partial charge in [0, 0.05) is 6.07 Å². The molecule has 0 aliphatic heterocycles. The highest BCUT2D eigenvalue weighted by atomic mass is 15.5. The zero-order valence-electron chi connectivity index (χ0n) is 5.07. The molecule has 0 aliphatic rings. The van der Waals surface area contributed by atoms with Crippen LogP contribution in [0.4, 0.5) is 11.5 Å². The molecule has 0 fully saturated rings. The lowest BCUT2D eigenvalue weighted by atomic mass is 10.5. The van der Waals surface area contributed by atoms with Gasteiger partial charge in [-0.15, -0.1) is 5.10 Å². The van der Waals surface area contributed by atoms with Gasteiger partial charge in [0.15, 0.2) is 5.65 Å². The monoisotopic (exact) mass is 138 g/mol. The van der Waals surface area contributed by atoms with E-state index in [4.69, 9.17) is 11.5 Å². The molecule has 0 aliphatic carbocycles. The van der Waals surface area contributed by atoms with Crippen LogP contribution < -0.4 is 11.5 Å². The van der Waals surface area contributed by atoms with Crippen LogP contribution in [0.1, 0.15) is 0 Å². The summed E-state index contributed by atoms with van der Waals surface area (Å²) in [4.78, 5) is 0. The molecule has 0 aromatic carbocycles. The minimum absolute atomic E-state index is 0.444. The van der Waals surface area contributed by atoms with Crippen LogP contribution in [-0.2, 0) is 0 Å². The Morgan fingerprint density at radius 3 is 3.00 bits per heavy atom. The van der Waals surface area contributed by atoms with Gasteiger partial charge in [0.25, 0.3) is 0 Å². The van der Waals surface area contributed by atoms with Crippen LogP contribution >= 0.6 is 0 Å². The highest BCUT2D eigenvalue weighted by molar-refractivity contribution is 5.68. The maximum atomic E-state index is 5.51. The van der Waals surface area contributed by atoms with Crippen molar-refractivity contribution in [3.63, 3.8) is 0 Å². The van der Waals surface area contributed by atoms with Gasteiger partial charge in [-0.3, -0.25) is 0 Å². The average molecular weight is 138 g/mol. The number of nitrogen functional groups attached to an aromatic ring is 2. The Morgan fingerprint density at radius 1 is 1.50 bits per heavy atom. The van der Waals surface area contributed by atoms with E-state index in [1.807, 2.05) is 0 Å². The van der Waals surface area contributed by atoms with Crippen molar-refractivity contribution in [1.82, 2.24) is 20.0 Å². The third kappa shape index (κ3) is 0.426. The molecule has 2 heterocycles. The number of fused-ring (bicyclic) bond motifs is 1. The van der Waals surface area contributed by atoms with E-state index in [1.54, 1.807) is 6.07 Å². The molecule has 6 heteroatoms. The fourth-order valence-corrected chi connectivity index (χ4v) is 0.827. The standard InChI is InChI=1S/C4H6N6/c5-2-1-3-7-8-9-10(3)4(2)6/h1H,5-6H2,(H,7,9). The first-order chi connectivity index (χ1) is 4.79. The van der Waals surface area contributed by atoms with Crippen molar-refractivity contribution in [1.29, 1.82) is 0 Å². The highest BCUT2D eigenvalue weighted by Gasteiger charge is 2.04. The second-order valence-electron chi connectivity index (χ2n) is 1.98. The number of aromatic nitrogens is 4. The maximum absolute atomic E-state index is 5.51. The molecular weight excluding hydrogens is 132 g/mol. The summed E-state index contributed by atoms with van der Waals surface area (Å²) in [5, 5.41) is 9.77. The lowest BCUT2D eigenvalue weighted by Crippen LogP contribution is -1.96. The van der Waals surface area contributed by atoms with Crippen LogP contribution in [-0.4, -0.2) is 20.0 Å². The summed E-state index contributed by atoms with van der Waals surface area (Å²) >= 11 is 0. The fourth-order valence-electron chi connectivity index (χ4n) is 0.827. The topological polar surface area (TPSA) is 98.0 Å². The molecule has 0 spiro atoms. The normalized spacial score (nSPS) is 10.8. The molecule has 0 saturated heterocycles. The quantitative estimate of drug-likeness (QED) is 0.444. The molecule has 2 aromatic rings. The first-order valence-corrected chi connectivity index (χ1v) is 2.72. The van der Waals surface area contributed by atoms with Crippen LogP contribution in [0.2, 0.25) is 0 Å². The van der Waals surface area contributed by atoms with Crippen molar-refractivity contribution in [3.05, 3.63) is 6.07 Å². The fraction of sp³-hybridized carbons (Fsp3) is 0. The third-order valence-electron chi connectivity index (χ3n) is 1.35. The summed E-state index contributed by atoms with van der Waals surface area (Å²) in [6.45, 7) is 0. The predicted molar refractivity (Wildman–Crippen MR) is 36.2 cm³/mol. The van der Waals surface area contributed by atoms with Crippen LogP contribution in [0, 0.1) is 0 Å². The SMILES string of the molecule is Nc1cc2nn[nH]n2c1N. The minimum atomic E-state index is 0.444. The third-order valence-corrected chi connectivity index (χ3v) is 1.35. The van der Waals surface area contributed by atoms with E-state index in [2.05, 4.69) is 15.5 Å². The van der Waals surface area contributed by atoms with Crippen molar-refractivity contribution in [2.45, 2.75) is 0 Å². The number of tetrazole rings is 1. The number of nitrogens with zero attached hydrogens (tertiary/aromatic N) is 3. The number of aromatic amines is 1. The van der Waals surface area contributed by atoms with Crippen LogP contribution in [0.3, 0.4) is 0 Å². The first kappa shape index (κ1) is 5.10. The molecule has 52 valence electrons. The molecule has 2 aromatic heterocycles. The van der Waals surface area contributed by atoms with E-state index in [-0.39, 0.29) is 0 Å². The van der Waals surface area contributed by atoms with E-state index < -0.39 is 0 Å². The predicted octanol–water partition coefficient (Wildman–Crippen LogP) is -0.778. The second kappa shape index (κ2) is 1.41. The molecular formula is C4H6N6. The summed E-state index contributed by atoms with van der Waals surface area (Å²) < 4.78 is 1.51. The molecule has 0 radical (unpaired) electrons. The number of hydrogen-bond donors (Lipinski definition) is 3. The number of nitrogens with two attached hydrogens (primary N) is 2. The maximum Gasteiger partial charge on any atom is 0.181 e. The molecule has 5 N–H and O–H groups in total. The zero-order chi connectivity index (χ0) is 7.14. The van der Waals surface area contributed by atoms with Gasteiger partial charge >= 0.3 is 0 Å². The largest absolute Gasteiger partial charge is 0.396 e. The lowest BCUT2D eigenvalue weighted by molar-refractivity contribution is 0.833. The van der Waals surface area contributed by atoms with Crippen LogP contribution in [0.25, 0.3) is 5.65 Å². The van der Waals surface area contributed by atoms with Gasteiger partial charge in [-0.1, -0.05) is 5.21 Å². The summed E-state index contributed by atoms with van der Waals surface area (Å²) in [5.41, 5.74) is 12.1. The van der Waals surface area contributed by atoms with Gasteiger partial charge in [0.05, 0.1) is 5.69 Å². The summed E-state index contributed by atoms with van der Waals surface area (Å²) in [7, 11) is 0. The Labute approximate surface area is 55.8 Å². The number of hydrogen-bond acceptors (Lipinski definition) is 4. The number of nitrogens with one attached hydrogen (secondary N) is 1. The van der Waals surface area contributed by atoms with Crippen LogP contribution in [0.5, 0.6) is 0 Å². The number of anilines is 2. The van der Waals surface area contributed by atoms with E-state index in [0.29, 0.717) is 17.2 Å². The average Bonchev–Trinajstić information content (AvgIpc) is 2.41. The van der Waals surface area contributed by atoms with E-state index >= 15 is 0 Å². The minimum Gasteiger partial charge on any atom is -0.396 e. The van der Waals surface area contributed by atoms with Crippen molar-refractivity contribution < 1.29 is 0 Å². The molecule has 10 heavy (non-hydrogen) atoms. The molecule has 6 nitrogen and oxygen atoms in total. The molecule has 2 rings (SSSR count). The summed E-state index contributed by atoms with van der Waals surface area (Å²) in [6.07, 6.45) is 0. The van der Waals surface area contributed by atoms with E-state index in [0.717, 1.165) is 0 Å². The lowest BCUT2D eigenvalue weighted by Gasteiger charge is -1.88. The van der Waals surface area contributed by atoms with Gasteiger partial charge in [-0.05, 0) is 0 Å². The Kier molecular flexibility index (Phi) is 0.717. The molecule has 0 unspecified atom stereocenters. The summed E-state index contributed by atoms with van der Waals surface area (Å²) in [5.74, 6) is 0.444. The molecule has 0 amide bonds. The van der Waals surface area contributed by atoms with E-state index in [9.17, 15) is 0 Å². The number of rotatable bonds is 0. The van der Waals surface area contributed by atoms with Gasteiger partial charge in [0.1, 0.15) is 5.82 Å². The molecule has 0 atom stereocenters. The Balaban J connectivity index is 2.95. The Hall–Kier alpha value is -1.72. The van der Waals surface area contributed by atoms with Crippen LogP contribution in [0.15, 0.2) is 6.07 Å². The highest BCUT2D eigenvalue weighted by Crippen LogP contribution is 2.16. The van der Waals surface area contributed by atoms with Crippen molar-refractivity contribution in [2.24, 2.45) is 0 Å². The van der Waals surface area contributed by atoms with Gasteiger partial charge in [-0.2, -0.15) is 5.21 Å². The van der Waals surface area contributed by atoms with Gasteiger partial charge in [-0.25, -0.2) is 4.52 Å². The zero-order valence-corrected chi connectivity index (χ0v) is 5.07. The summed E-state index contributed by atoms with van der Waals surface area (Å²) in [6, 6.07) is 1.65. The second-order valence-corrected chi connectivity index (χ2v) is 1.98. The van der Waals surface area contributed by atoms with Crippen molar-refractivity contribution in [3.8, 4) is 0 Å². The van der Waals surface area contributed by atoms with E-state index in [1.165, 1.54) is 4.52 Å². The molecule has 0 saturated carbocycles. The van der Waals surface area contributed by atoms with Crippen molar-refractivity contribution in [2.75, 3.05) is 11.5 Å². The van der Waals surface area contributed by atoms with Crippen molar-refractivity contribution >= 4 is 17.2 Å².